The van der Waals surface area contributed by atoms with Crippen molar-refractivity contribution in [2.45, 2.75) is 32.3 Å². The van der Waals surface area contributed by atoms with E-state index in [1.807, 2.05) is 30.3 Å². The lowest BCUT2D eigenvalue weighted by Gasteiger charge is -2.56. The molecule has 27 heavy (non-hydrogen) atoms. The summed E-state index contributed by atoms with van der Waals surface area (Å²) in [5, 5.41) is 24.2. The summed E-state index contributed by atoms with van der Waals surface area (Å²) in [6.07, 6.45) is 0. The molecule has 0 saturated carbocycles. The fourth-order valence-corrected chi connectivity index (χ4v) is 4.31. The Balaban J connectivity index is 2.15. The number of hydrogen-bond donors (Lipinski definition) is 3. The summed E-state index contributed by atoms with van der Waals surface area (Å²) >= 11 is 0. The maximum absolute atomic E-state index is 12.1. The number of likely N-dealkylation sites (tertiary alicyclic amines) is 1. The van der Waals surface area contributed by atoms with E-state index in [4.69, 9.17) is 10.9 Å². The molecule has 1 fully saturated rings. The Morgan fingerprint density at radius 2 is 1.78 bits per heavy atom. The molecule has 0 bridgehead atoms. The van der Waals surface area contributed by atoms with Crippen LogP contribution in [-0.4, -0.2) is 41.2 Å². The highest BCUT2D eigenvalue weighted by Gasteiger charge is 2.55. The third kappa shape index (κ3) is 3.22. The van der Waals surface area contributed by atoms with Crippen molar-refractivity contribution in [1.82, 2.24) is 4.90 Å². The van der Waals surface area contributed by atoms with Gasteiger partial charge in [0.15, 0.2) is 5.84 Å². The van der Waals surface area contributed by atoms with Gasteiger partial charge in [-0.1, -0.05) is 68.4 Å². The quantitative estimate of drug-likeness (QED) is 0.328. The third-order valence-electron chi connectivity index (χ3n) is 5.79. The van der Waals surface area contributed by atoms with Crippen LogP contribution in [0.4, 0.5) is 0 Å². The number of rotatable bonds is 5. The first-order valence-corrected chi connectivity index (χ1v) is 9.31. The van der Waals surface area contributed by atoms with Crippen molar-refractivity contribution >= 4 is 5.84 Å². The van der Waals surface area contributed by atoms with E-state index in [0.717, 1.165) is 24.2 Å². The van der Waals surface area contributed by atoms with Crippen molar-refractivity contribution in [2.75, 3.05) is 20.1 Å². The average Bonchev–Trinajstić information content (AvgIpc) is 2.65. The van der Waals surface area contributed by atoms with Gasteiger partial charge in [-0.15, -0.1) is 0 Å². The zero-order chi connectivity index (χ0) is 19.8. The number of nitrogens with zero attached hydrogens (tertiary/aromatic N) is 2. The van der Waals surface area contributed by atoms with Gasteiger partial charge in [-0.25, -0.2) is 0 Å². The molecule has 5 nitrogen and oxygen atoms in total. The summed E-state index contributed by atoms with van der Waals surface area (Å²) in [6.45, 7) is 7.99. The molecule has 1 atom stereocenters. The first-order chi connectivity index (χ1) is 12.7. The van der Waals surface area contributed by atoms with Crippen molar-refractivity contribution in [3.05, 3.63) is 70.8 Å². The van der Waals surface area contributed by atoms with Gasteiger partial charge in [-0.3, -0.25) is 0 Å². The smallest absolute Gasteiger partial charge is 0.170 e. The van der Waals surface area contributed by atoms with Gasteiger partial charge in [0.05, 0.1) is 0 Å². The third-order valence-corrected chi connectivity index (χ3v) is 5.79. The van der Waals surface area contributed by atoms with Gasteiger partial charge in [0.25, 0.3) is 0 Å². The molecule has 144 valence electrons. The molecule has 1 saturated heterocycles. The lowest BCUT2D eigenvalue weighted by Crippen LogP contribution is -2.63. The molecule has 0 spiro atoms. The van der Waals surface area contributed by atoms with Crippen molar-refractivity contribution in [3.63, 3.8) is 0 Å². The molecule has 2 aromatic rings. The van der Waals surface area contributed by atoms with E-state index in [1.165, 1.54) is 5.56 Å². The second-order valence-corrected chi connectivity index (χ2v) is 8.29. The highest BCUT2D eigenvalue weighted by atomic mass is 16.4. The zero-order valence-corrected chi connectivity index (χ0v) is 16.5. The van der Waals surface area contributed by atoms with Crippen LogP contribution in [-0.2, 0) is 5.60 Å². The van der Waals surface area contributed by atoms with Crippen LogP contribution in [0.5, 0.6) is 0 Å². The standard InChI is InChI=1S/C22H29N3O2/c1-15(2)16-8-10-18(11-9-16)22(26,21(3)13-25(4)14-21)19-7-5-6-17(12-19)20(23)24-27/h5-12,15,26-27H,13-14H2,1-4H3,(H2,23,24). The molecule has 1 aliphatic heterocycles. The number of nitrogens with two attached hydrogens (primary N) is 1. The molecule has 0 radical (unpaired) electrons. The van der Waals surface area contributed by atoms with Gasteiger partial charge in [0.1, 0.15) is 5.60 Å². The predicted octanol–water partition coefficient (Wildman–Crippen LogP) is 3.09. The summed E-state index contributed by atoms with van der Waals surface area (Å²) in [7, 11) is 2.05. The highest BCUT2D eigenvalue weighted by molar-refractivity contribution is 5.97. The first kappa shape index (κ1) is 19.4. The summed E-state index contributed by atoms with van der Waals surface area (Å²) in [6, 6.07) is 15.6. The zero-order valence-electron chi connectivity index (χ0n) is 16.5. The minimum absolute atomic E-state index is 0.0326. The number of benzene rings is 2. The van der Waals surface area contributed by atoms with E-state index in [1.54, 1.807) is 6.07 Å². The second-order valence-electron chi connectivity index (χ2n) is 8.29. The Bertz CT molecular complexity index is 839. The van der Waals surface area contributed by atoms with Crippen molar-refractivity contribution < 1.29 is 10.3 Å². The minimum atomic E-state index is -1.18. The van der Waals surface area contributed by atoms with Crippen LogP contribution < -0.4 is 5.73 Å². The summed E-state index contributed by atoms with van der Waals surface area (Å²) in [5.74, 6) is 0.465. The van der Waals surface area contributed by atoms with Gasteiger partial charge in [0.2, 0.25) is 0 Å². The van der Waals surface area contributed by atoms with E-state index in [0.29, 0.717) is 11.5 Å². The SMILES string of the molecule is CC(C)c1ccc(C(O)(c2cccc(/C(N)=N/O)c2)C2(C)CN(C)C2)cc1. The molecular weight excluding hydrogens is 338 g/mol. The Hall–Kier alpha value is -2.37. The molecule has 0 aliphatic carbocycles. The molecule has 4 N–H and O–H groups in total. The highest BCUT2D eigenvalue weighted by Crippen LogP contribution is 2.50. The van der Waals surface area contributed by atoms with E-state index >= 15 is 0 Å². The molecular formula is C22H29N3O2. The molecule has 1 heterocycles. The predicted molar refractivity (Wildman–Crippen MR) is 108 cm³/mol. The van der Waals surface area contributed by atoms with E-state index in [2.05, 4.69) is 50.0 Å². The van der Waals surface area contributed by atoms with E-state index in [-0.39, 0.29) is 11.3 Å². The summed E-state index contributed by atoms with van der Waals surface area (Å²) < 4.78 is 0. The Labute approximate surface area is 161 Å². The van der Waals surface area contributed by atoms with Gasteiger partial charge in [0, 0.05) is 24.1 Å². The Morgan fingerprint density at radius 1 is 1.15 bits per heavy atom. The monoisotopic (exact) mass is 367 g/mol. The maximum atomic E-state index is 12.1. The van der Waals surface area contributed by atoms with Crippen LogP contribution in [0.3, 0.4) is 0 Å². The molecule has 0 aromatic heterocycles. The second kappa shape index (κ2) is 6.98. The van der Waals surface area contributed by atoms with E-state index in [9.17, 15) is 5.11 Å². The number of aliphatic hydroxyl groups is 1. The van der Waals surface area contributed by atoms with Crippen LogP contribution in [0.25, 0.3) is 0 Å². The lowest BCUT2D eigenvalue weighted by atomic mass is 9.62. The normalized spacial score (nSPS) is 19.6. The van der Waals surface area contributed by atoms with Crippen molar-refractivity contribution in [3.8, 4) is 0 Å². The number of hydrogen-bond acceptors (Lipinski definition) is 4. The Morgan fingerprint density at radius 3 is 2.30 bits per heavy atom. The fourth-order valence-electron chi connectivity index (χ4n) is 4.31. The van der Waals surface area contributed by atoms with Crippen LogP contribution in [0.15, 0.2) is 53.7 Å². The first-order valence-electron chi connectivity index (χ1n) is 9.31. The number of amidine groups is 1. The molecule has 2 aromatic carbocycles. The topological polar surface area (TPSA) is 82.1 Å². The Kier molecular flexibility index (Phi) is 5.02. The van der Waals surface area contributed by atoms with Crippen LogP contribution in [0.1, 0.15) is 48.9 Å². The largest absolute Gasteiger partial charge is 0.409 e. The van der Waals surface area contributed by atoms with Gasteiger partial charge >= 0.3 is 0 Å². The van der Waals surface area contributed by atoms with Crippen LogP contribution >= 0.6 is 0 Å². The fraction of sp³-hybridized carbons (Fsp3) is 0.409. The molecule has 3 rings (SSSR count). The maximum Gasteiger partial charge on any atom is 0.170 e. The van der Waals surface area contributed by atoms with Gasteiger partial charge in [-0.05, 0) is 35.7 Å². The lowest BCUT2D eigenvalue weighted by molar-refractivity contribution is -0.127. The number of oxime groups is 1. The van der Waals surface area contributed by atoms with Crippen LogP contribution in [0, 0.1) is 5.41 Å². The van der Waals surface area contributed by atoms with Crippen molar-refractivity contribution in [2.24, 2.45) is 16.3 Å². The summed E-state index contributed by atoms with van der Waals surface area (Å²) in [5.41, 5.74) is 7.70. The average molecular weight is 367 g/mol. The molecule has 0 amide bonds. The summed E-state index contributed by atoms with van der Waals surface area (Å²) in [4.78, 5) is 2.20. The van der Waals surface area contributed by atoms with Crippen LogP contribution in [0.2, 0.25) is 0 Å². The van der Waals surface area contributed by atoms with E-state index < -0.39 is 5.60 Å². The minimum Gasteiger partial charge on any atom is -0.409 e. The molecule has 1 unspecified atom stereocenters. The van der Waals surface area contributed by atoms with Gasteiger partial charge < -0.3 is 20.9 Å². The molecule has 5 heteroatoms. The molecule has 1 aliphatic rings. The van der Waals surface area contributed by atoms with Gasteiger partial charge in [-0.2, -0.15) is 0 Å². The van der Waals surface area contributed by atoms with Crippen molar-refractivity contribution in [1.29, 1.82) is 0 Å².